The van der Waals surface area contributed by atoms with Crippen molar-refractivity contribution >= 4 is 23.7 Å². The zero-order valence-electron chi connectivity index (χ0n) is 4.68. The van der Waals surface area contributed by atoms with Gasteiger partial charge < -0.3 is 5.32 Å². The third-order valence-corrected chi connectivity index (χ3v) is 0.596. The second-order valence-electron chi connectivity index (χ2n) is 1.06. The SMILES string of the molecule is C=CNC(=O)NNC=S. The molecule has 2 amide bonds. The van der Waals surface area contributed by atoms with Crippen molar-refractivity contribution in [3.8, 4) is 0 Å². The van der Waals surface area contributed by atoms with Crippen LogP contribution in [0.15, 0.2) is 12.8 Å². The predicted octanol–water partition coefficient (Wildman–Crippen LogP) is -0.109. The van der Waals surface area contributed by atoms with Gasteiger partial charge in [-0.25, -0.2) is 4.79 Å². The van der Waals surface area contributed by atoms with Crippen LogP contribution >= 0.6 is 12.2 Å². The summed E-state index contributed by atoms with van der Waals surface area (Å²) in [6.45, 7) is 3.27. The topological polar surface area (TPSA) is 53.2 Å². The normalized spacial score (nSPS) is 7.11. The molecule has 50 valence electrons. The number of thiocarbonyl (C=S) groups is 1. The average Bonchev–Trinajstić information content (AvgIpc) is 1.85. The quantitative estimate of drug-likeness (QED) is 0.383. The number of hydrogen-bond acceptors (Lipinski definition) is 2. The lowest BCUT2D eigenvalue weighted by Crippen LogP contribution is -2.41. The maximum Gasteiger partial charge on any atom is 0.337 e. The van der Waals surface area contributed by atoms with Crippen molar-refractivity contribution < 1.29 is 4.79 Å². The van der Waals surface area contributed by atoms with E-state index in [2.05, 4.69) is 35.0 Å². The number of nitrogens with one attached hydrogen (secondary N) is 3. The first-order valence-corrected chi connectivity index (χ1v) is 2.65. The van der Waals surface area contributed by atoms with Crippen molar-refractivity contribution in [3.05, 3.63) is 12.8 Å². The minimum Gasteiger partial charge on any atom is -0.314 e. The third kappa shape index (κ3) is 4.76. The van der Waals surface area contributed by atoms with E-state index in [1.54, 1.807) is 0 Å². The van der Waals surface area contributed by atoms with E-state index < -0.39 is 6.03 Å². The molecule has 0 radical (unpaired) electrons. The summed E-state index contributed by atoms with van der Waals surface area (Å²) in [6, 6.07) is -0.397. The van der Waals surface area contributed by atoms with E-state index >= 15 is 0 Å². The molecule has 3 N–H and O–H groups in total. The van der Waals surface area contributed by atoms with Crippen molar-refractivity contribution in [2.24, 2.45) is 0 Å². The number of carbonyl (C=O) groups is 1. The number of hydrazine groups is 1. The third-order valence-electron chi connectivity index (χ3n) is 0.478. The average molecular weight is 145 g/mol. The standard InChI is InChI=1S/C4H7N3OS/c1-2-5-4(8)7-6-3-9/h2-3H,1H2,(H,6,9)(H2,5,7,8). The summed E-state index contributed by atoms with van der Waals surface area (Å²) in [6.07, 6.45) is 1.26. The summed E-state index contributed by atoms with van der Waals surface area (Å²) in [5.41, 5.74) is 5.70. The van der Waals surface area contributed by atoms with Gasteiger partial charge in [-0.05, 0) is 6.20 Å². The Morgan fingerprint density at radius 2 is 2.33 bits per heavy atom. The van der Waals surface area contributed by atoms with Gasteiger partial charge in [-0.2, -0.15) is 0 Å². The number of amides is 2. The lowest BCUT2D eigenvalue weighted by atomic mass is 10.9. The number of hydrogen-bond donors (Lipinski definition) is 3. The molecule has 5 heteroatoms. The number of urea groups is 1. The Bertz CT molecular complexity index is 125. The van der Waals surface area contributed by atoms with E-state index in [4.69, 9.17) is 0 Å². The first kappa shape index (κ1) is 7.90. The van der Waals surface area contributed by atoms with Crippen LogP contribution < -0.4 is 16.2 Å². The summed E-state index contributed by atoms with van der Waals surface area (Å²) >= 11 is 4.35. The maximum atomic E-state index is 10.4. The Hall–Kier alpha value is -1.10. The van der Waals surface area contributed by atoms with Gasteiger partial charge in [0.1, 0.15) is 0 Å². The molecule has 0 spiro atoms. The molecule has 9 heavy (non-hydrogen) atoms. The first-order valence-electron chi connectivity index (χ1n) is 2.18. The van der Waals surface area contributed by atoms with Gasteiger partial charge in [0.25, 0.3) is 0 Å². The Kier molecular flexibility index (Phi) is 4.43. The van der Waals surface area contributed by atoms with Crippen LogP contribution in [0.3, 0.4) is 0 Å². The molecule has 0 rings (SSSR count). The fourth-order valence-electron chi connectivity index (χ4n) is 0.224. The van der Waals surface area contributed by atoms with Crippen LogP contribution in [0.5, 0.6) is 0 Å². The van der Waals surface area contributed by atoms with E-state index in [0.29, 0.717) is 0 Å². The van der Waals surface area contributed by atoms with Gasteiger partial charge in [0.15, 0.2) is 0 Å². The smallest absolute Gasteiger partial charge is 0.314 e. The van der Waals surface area contributed by atoms with Gasteiger partial charge in [-0.3, -0.25) is 10.9 Å². The highest BCUT2D eigenvalue weighted by atomic mass is 32.1. The second kappa shape index (κ2) is 5.04. The molecule has 0 aromatic heterocycles. The zero-order valence-corrected chi connectivity index (χ0v) is 5.49. The molecular weight excluding hydrogens is 138 g/mol. The van der Waals surface area contributed by atoms with E-state index in [1.165, 1.54) is 11.7 Å². The summed E-state index contributed by atoms with van der Waals surface area (Å²) in [5, 5.41) is 2.27. The monoisotopic (exact) mass is 145 g/mol. The second-order valence-corrected chi connectivity index (χ2v) is 1.30. The van der Waals surface area contributed by atoms with E-state index in [-0.39, 0.29) is 0 Å². The highest BCUT2D eigenvalue weighted by Crippen LogP contribution is 1.57. The Balaban J connectivity index is 3.26. The van der Waals surface area contributed by atoms with Gasteiger partial charge >= 0.3 is 6.03 Å². The van der Waals surface area contributed by atoms with Crippen LogP contribution in [0.2, 0.25) is 0 Å². The minimum absolute atomic E-state index is 0.397. The Morgan fingerprint density at radius 1 is 1.67 bits per heavy atom. The van der Waals surface area contributed by atoms with Crippen molar-refractivity contribution in [1.29, 1.82) is 0 Å². The molecule has 0 aromatic rings. The molecule has 0 aliphatic carbocycles. The highest BCUT2D eigenvalue weighted by Gasteiger charge is 1.88. The molecule has 0 heterocycles. The fraction of sp³-hybridized carbons (Fsp3) is 0. The summed E-state index contributed by atoms with van der Waals surface area (Å²) in [7, 11) is 0. The van der Waals surface area contributed by atoms with Crippen LogP contribution in [0, 0.1) is 0 Å². The minimum atomic E-state index is -0.397. The van der Waals surface area contributed by atoms with Crippen molar-refractivity contribution in [2.75, 3.05) is 0 Å². The lowest BCUT2D eigenvalue weighted by molar-refractivity contribution is 0.242. The summed E-state index contributed by atoms with van der Waals surface area (Å²) in [4.78, 5) is 10.4. The molecule has 0 aliphatic heterocycles. The van der Waals surface area contributed by atoms with Gasteiger partial charge in [-0.15, -0.1) is 0 Å². The lowest BCUT2D eigenvalue weighted by Gasteiger charge is -1.99. The van der Waals surface area contributed by atoms with Crippen molar-refractivity contribution in [1.82, 2.24) is 16.2 Å². The molecule has 0 unspecified atom stereocenters. The van der Waals surface area contributed by atoms with Crippen LogP contribution in [0.4, 0.5) is 4.79 Å². The number of rotatable bonds is 3. The molecule has 0 aliphatic rings. The van der Waals surface area contributed by atoms with Crippen molar-refractivity contribution in [3.63, 3.8) is 0 Å². The Labute approximate surface area is 58.3 Å². The number of carbonyl (C=O) groups excluding carboxylic acids is 1. The maximum absolute atomic E-state index is 10.4. The molecule has 0 atom stereocenters. The summed E-state index contributed by atoms with van der Waals surface area (Å²) in [5.74, 6) is 0. The molecule has 4 nitrogen and oxygen atoms in total. The van der Waals surface area contributed by atoms with E-state index in [9.17, 15) is 4.79 Å². The van der Waals surface area contributed by atoms with Gasteiger partial charge in [0, 0.05) is 0 Å². The Morgan fingerprint density at radius 3 is 2.78 bits per heavy atom. The molecular formula is C4H7N3OS. The molecule has 0 bridgehead atoms. The first-order chi connectivity index (χ1) is 4.31. The van der Waals surface area contributed by atoms with Gasteiger partial charge in [0.2, 0.25) is 0 Å². The largest absolute Gasteiger partial charge is 0.337 e. The van der Waals surface area contributed by atoms with Crippen LogP contribution in [0.1, 0.15) is 0 Å². The molecule has 0 saturated carbocycles. The van der Waals surface area contributed by atoms with Crippen LogP contribution in [0.25, 0.3) is 0 Å². The van der Waals surface area contributed by atoms with E-state index in [0.717, 1.165) is 0 Å². The fourth-order valence-corrected chi connectivity index (χ4v) is 0.283. The van der Waals surface area contributed by atoms with Crippen LogP contribution in [-0.2, 0) is 0 Å². The van der Waals surface area contributed by atoms with Gasteiger partial charge in [0.05, 0.1) is 5.49 Å². The van der Waals surface area contributed by atoms with Gasteiger partial charge in [-0.1, -0.05) is 18.8 Å². The van der Waals surface area contributed by atoms with E-state index in [1.807, 2.05) is 0 Å². The highest BCUT2D eigenvalue weighted by molar-refractivity contribution is 7.78. The molecule has 0 fully saturated rings. The summed E-state index contributed by atoms with van der Waals surface area (Å²) < 4.78 is 0. The van der Waals surface area contributed by atoms with Crippen molar-refractivity contribution in [2.45, 2.75) is 0 Å². The predicted molar refractivity (Wildman–Crippen MR) is 38.7 cm³/mol. The zero-order chi connectivity index (χ0) is 7.11. The molecule has 0 aromatic carbocycles. The molecule has 0 saturated heterocycles. The van der Waals surface area contributed by atoms with Crippen LogP contribution in [-0.4, -0.2) is 11.5 Å².